The Morgan fingerprint density at radius 3 is 2.60 bits per heavy atom. The van der Waals surface area contributed by atoms with Crippen LogP contribution in [0.2, 0.25) is 0 Å². The first-order valence-electron chi connectivity index (χ1n) is 7.89. The number of halogens is 1. The van der Waals surface area contributed by atoms with E-state index in [0.29, 0.717) is 6.04 Å². The minimum Gasteiger partial charge on any atom is -0.313 e. The molecule has 0 heterocycles. The van der Waals surface area contributed by atoms with Crippen LogP contribution in [0, 0.1) is 5.92 Å². The molecule has 112 valence electrons. The van der Waals surface area contributed by atoms with Gasteiger partial charge in [0.2, 0.25) is 0 Å². The Morgan fingerprint density at radius 1 is 1.25 bits per heavy atom. The molecule has 20 heavy (non-hydrogen) atoms. The summed E-state index contributed by atoms with van der Waals surface area (Å²) >= 11 is 5.48. The van der Waals surface area contributed by atoms with Gasteiger partial charge in [0, 0.05) is 21.2 Å². The topological polar surface area (TPSA) is 12.0 Å². The highest BCUT2D eigenvalue weighted by Gasteiger charge is 2.19. The molecule has 1 unspecified atom stereocenters. The Hall–Kier alpha value is 0.01000. The maximum absolute atomic E-state index is 3.75. The number of nitrogens with one attached hydrogen (secondary N) is 1. The molecule has 1 atom stereocenters. The molecule has 0 aliphatic heterocycles. The molecule has 1 nitrogen and oxygen atoms in total. The summed E-state index contributed by atoms with van der Waals surface area (Å²) in [5.74, 6) is 2.16. The molecule has 0 amide bonds. The average molecular weight is 356 g/mol. The Bertz CT molecular complexity index is 373. The van der Waals surface area contributed by atoms with E-state index < -0.39 is 0 Å². The van der Waals surface area contributed by atoms with Gasteiger partial charge in [0.25, 0.3) is 0 Å². The van der Waals surface area contributed by atoms with Gasteiger partial charge in [0.15, 0.2) is 0 Å². The predicted molar refractivity (Wildman–Crippen MR) is 93.5 cm³/mol. The molecule has 1 aromatic rings. The molecule has 1 saturated carbocycles. The molecular formula is C17H26BrNS. The van der Waals surface area contributed by atoms with Crippen LogP contribution in [-0.2, 0) is 0 Å². The van der Waals surface area contributed by atoms with E-state index in [1.54, 1.807) is 0 Å². The molecule has 1 fully saturated rings. The van der Waals surface area contributed by atoms with Gasteiger partial charge in [-0.15, -0.1) is 11.8 Å². The van der Waals surface area contributed by atoms with Crippen LogP contribution in [0.15, 0.2) is 33.6 Å². The monoisotopic (exact) mass is 355 g/mol. The standard InChI is InChI=1S/C17H26BrNS/c1-2-11-19-16(12-14-5-3-4-6-14)13-20-17-9-7-15(18)8-10-17/h7-10,14,16,19H,2-6,11-13H2,1H3. The van der Waals surface area contributed by atoms with E-state index in [9.17, 15) is 0 Å². The van der Waals surface area contributed by atoms with Crippen molar-refractivity contribution < 1.29 is 0 Å². The zero-order valence-electron chi connectivity index (χ0n) is 12.4. The summed E-state index contributed by atoms with van der Waals surface area (Å²) in [5, 5.41) is 3.75. The van der Waals surface area contributed by atoms with Gasteiger partial charge in [-0.2, -0.15) is 0 Å². The number of hydrogen-bond acceptors (Lipinski definition) is 2. The second-order valence-corrected chi connectivity index (χ2v) is 7.81. The van der Waals surface area contributed by atoms with E-state index in [0.717, 1.165) is 16.9 Å². The van der Waals surface area contributed by atoms with Crippen LogP contribution in [0.3, 0.4) is 0 Å². The van der Waals surface area contributed by atoms with Crippen LogP contribution < -0.4 is 5.32 Å². The van der Waals surface area contributed by atoms with Crippen molar-refractivity contribution in [3.8, 4) is 0 Å². The molecule has 1 N–H and O–H groups in total. The number of benzene rings is 1. The first kappa shape index (κ1) is 16.4. The quantitative estimate of drug-likeness (QED) is 0.618. The molecule has 1 aromatic carbocycles. The lowest BCUT2D eigenvalue weighted by molar-refractivity contribution is 0.410. The van der Waals surface area contributed by atoms with Gasteiger partial charge < -0.3 is 5.32 Å². The summed E-state index contributed by atoms with van der Waals surface area (Å²) in [6, 6.07) is 9.36. The third kappa shape index (κ3) is 5.79. The molecule has 3 heteroatoms. The van der Waals surface area contributed by atoms with E-state index in [2.05, 4.69) is 52.4 Å². The molecule has 2 rings (SSSR count). The fraction of sp³-hybridized carbons (Fsp3) is 0.647. The van der Waals surface area contributed by atoms with Crippen LogP contribution >= 0.6 is 27.7 Å². The van der Waals surface area contributed by atoms with E-state index in [1.807, 2.05) is 11.8 Å². The van der Waals surface area contributed by atoms with E-state index in [1.165, 1.54) is 49.2 Å². The van der Waals surface area contributed by atoms with Crippen molar-refractivity contribution in [1.82, 2.24) is 5.32 Å². The Kier molecular flexibility index (Phi) is 7.47. The Morgan fingerprint density at radius 2 is 1.95 bits per heavy atom. The van der Waals surface area contributed by atoms with Crippen molar-refractivity contribution in [3.63, 3.8) is 0 Å². The van der Waals surface area contributed by atoms with Crippen molar-refractivity contribution >= 4 is 27.7 Å². The number of thioether (sulfide) groups is 1. The molecular weight excluding hydrogens is 330 g/mol. The van der Waals surface area contributed by atoms with Crippen molar-refractivity contribution in [2.24, 2.45) is 5.92 Å². The largest absolute Gasteiger partial charge is 0.313 e. The lowest BCUT2D eigenvalue weighted by Crippen LogP contribution is -2.33. The maximum Gasteiger partial charge on any atom is 0.0176 e. The molecule has 0 aromatic heterocycles. The minimum atomic E-state index is 0.673. The van der Waals surface area contributed by atoms with Gasteiger partial charge in [0.05, 0.1) is 0 Å². The first-order valence-corrected chi connectivity index (χ1v) is 9.67. The lowest BCUT2D eigenvalue weighted by atomic mass is 9.99. The molecule has 0 saturated heterocycles. The predicted octanol–water partition coefficient (Wildman–Crippen LogP) is 5.49. The number of rotatable bonds is 8. The van der Waals surface area contributed by atoms with Gasteiger partial charge >= 0.3 is 0 Å². The van der Waals surface area contributed by atoms with Gasteiger partial charge in [-0.3, -0.25) is 0 Å². The Labute approximate surface area is 136 Å². The summed E-state index contributed by atoms with van der Waals surface area (Å²) in [5.41, 5.74) is 0. The summed E-state index contributed by atoms with van der Waals surface area (Å²) in [6.07, 6.45) is 8.39. The second kappa shape index (κ2) is 9.11. The Balaban J connectivity index is 1.80. The smallest absolute Gasteiger partial charge is 0.0176 e. The third-order valence-corrected chi connectivity index (χ3v) is 5.74. The van der Waals surface area contributed by atoms with Crippen molar-refractivity contribution in [2.75, 3.05) is 12.3 Å². The van der Waals surface area contributed by atoms with E-state index in [4.69, 9.17) is 0 Å². The van der Waals surface area contributed by atoms with Crippen LogP contribution in [0.5, 0.6) is 0 Å². The molecule has 0 spiro atoms. The summed E-state index contributed by atoms with van der Waals surface area (Å²) < 4.78 is 1.16. The third-order valence-electron chi connectivity index (χ3n) is 4.04. The molecule has 0 bridgehead atoms. The van der Waals surface area contributed by atoms with Crippen molar-refractivity contribution in [1.29, 1.82) is 0 Å². The van der Waals surface area contributed by atoms with Crippen molar-refractivity contribution in [2.45, 2.75) is 56.4 Å². The fourth-order valence-corrected chi connectivity index (χ4v) is 4.18. The van der Waals surface area contributed by atoms with Crippen molar-refractivity contribution in [3.05, 3.63) is 28.7 Å². The van der Waals surface area contributed by atoms with Crippen LogP contribution in [-0.4, -0.2) is 18.3 Å². The molecule has 1 aliphatic carbocycles. The highest BCUT2D eigenvalue weighted by Crippen LogP contribution is 2.30. The summed E-state index contributed by atoms with van der Waals surface area (Å²) in [7, 11) is 0. The van der Waals surface area contributed by atoms with Crippen LogP contribution in [0.25, 0.3) is 0 Å². The second-order valence-electron chi connectivity index (χ2n) is 5.80. The van der Waals surface area contributed by atoms with Gasteiger partial charge in [-0.05, 0) is 49.6 Å². The van der Waals surface area contributed by atoms with E-state index in [-0.39, 0.29) is 0 Å². The first-order chi connectivity index (χ1) is 9.78. The highest BCUT2D eigenvalue weighted by molar-refractivity contribution is 9.10. The molecule has 1 aliphatic rings. The van der Waals surface area contributed by atoms with Crippen LogP contribution in [0.1, 0.15) is 45.4 Å². The maximum atomic E-state index is 3.75. The van der Waals surface area contributed by atoms with E-state index >= 15 is 0 Å². The summed E-state index contributed by atoms with van der Waals surface area (Å²) in [4.78, 5) is 1.38. The normalized spacial score (nSPS) is 17.5. The van der Waals surface area contributed by atoms with Gasteiger partial charge in [-0.25, -0.2) is 0 Å². The highest BCUT2D eigenvalue weighted by atomic mass is 79.9. The molecule has 0 radical (unpaired) electrons. The average Bonchev–Trinajstić information content (AvgIpc) is 2.96. The minimum absolute atomic E-state index is 0.673. The lowest BCUT2D eigenvalue weighted by Gasteiger charge is -2.21. The zero-order valence-corrected chi connectivity index (χ0v) is 14.8. The van der Waals surface area contributed by atoms with Crippen LogP contribution in [0.4, 0.5) is 0 Å². The zero-order chi connectivity index (χ0) is 14.2. The fourth-order valence-electron chi connectivity index (χ4n) is 2.93. The van der Waals surface area contributed by atoms with Gasteiger partial charge in [-0.1, -0.05) is 48.5 Å². The van der Waals surface area contributed by atoms with Gasteiger partial charge in [0.1, 0.15) is 0 Å². The summed E-state index contributed by atoms with van der Waals surface area (Å²) in [6.45, 7) is 3.40. The number of hydrogen-bond donors (Lipinski definition) is 1. The SMILES string of the molecule is CCCNC(CSc1ccc(Br)cc1)CC1CCCC1.